The van der Waals surface area contributed by atoms with Crippen LogP contribution in [0.3, 0.4) is 0 Å². The highest BCUT2D eigenvalue weighted by molar-refractivity contribution is 5.76. The summed E-state index contributed by atoms with van der Waals surface area (Å²) in [6.07, 6.45) is 0.0499. The highest BCUT2D eigenvalue weighted by Gasteiger charge is 2.15. The number of carbonyl (C=O) groups is 1. The molecule has 1 rings (SSSR count). The average Bonchev–Trinajstić information content (AvgIpc) is 2.52. The third-order valence-electron chi connectivity index (χ3n) is 3.18. The van der Waals surface area contributed by atoms with E-state index in [1.807, 2.05) is 24.3 Å². The lowest BCUT2D eigenvalue weighted by atomic mass is 10.2. The summed E-state index contributed by atoms with van der Waals surface area (Å²) < 4.78 is 15.7. The summed E-state index contributed by atoms with van der Waals surface area (Å²) in [6.45, 7) is 1.26. The first-order chi connectivity index (χ1) is 10.1. The number of nitrogens with two attached hydrogens (primary N) is 1. The zero-order chi connectivity index (χ0) is 15.7. The van der Waals surface area contributed by atoms with Crippen LogP contribution in [-0.4, -0.2) is 57.9 Å². The topological polar surface area (TPSA) is 74.0 Å². The van der Waals surface area contributed by atoms with Gasteiger partial charge in [-0.1, -0.05) is 0 Å². The molecule has 0 aromatic heterocycles. The van der Waals surface area contributed by atoms with Gasteiger partial charge < -0.3 is 24.8 Å². The molecule has 118 valence electrons. The van der Waals surface area contributed by atoms with E-state index in [9.17, 15) is 4.79 Å². The van der Waals surface area contributed by atoms with Crippen molar-refractivity contribution < 1.29 is 19.0 Å². The van der Waals surface area contributed by atoms with Crippen molar-refractivity contribution in [2.24, 2.45) is 5.73 Å². The summed E-state index contributed by atoms with van der Waals surface area (Å²) in [4.78, 5) is 13.5. The Kier molecular flexibility index (Phi) is 7.56. The van der Waals surface area contributed by atoms with Crippen LogP contribution in [0.25, 0.3) is 0 Å². The maximum absolute atomic E-state index is 11.9. The van der Waals surface area contributed by atoms with E-state index < -0.39 is 0 Å². The molecule has 1 atom stereocenters. The predicted octanol–water partition coefficient (Wildman–Crippen LogP) is 0.896. The second kappa shape index (κ2) is 9.20. The van der Waals surface area contributed by atoms with Crippen molar-refractivity contribution in [3.8, 4) is 11.5 Å². The number of ether oxygens (including phenoxy) is 3. The summed E-state index contributed by atoms with van der Waals surface area (Å²) in [7, 11) is 4.91. The van der Waals surface area contributed by atoms with Crippen LogP contribution in [0.4, 0.5) is 0 Å². The molecule has 2 N–H and O–H groups in total. The molecule has 6 nitrogen and oxygen atoms in total. The molecule has 0 aliphatic rings. The van der Waals surface area contributed by atoms with Crippen molar-refractivity contribution >= 4 is 5.91 Å². The van der Waals surface area contributed by atoms with Crippen molar-refractivity contribution in [3.63, 3.8) is 0 Å². The Morgan fingerprint density at radius 3 is 2.38 bits per heavy atom. The number of amides is 1. The molecule has 0 spiro atoms. The number of benzene rings is 1. The minimum atomic E-state index is -0.234. The lowest BCUT2D eigenvalue weighted by Gasteiger charge is -2.20. The van der Waals surface area contributed by atoms with Crippen LogP contribution in [0.5, 0.6) is 11.5 Å². The van der Waals surface area contributed by atoms with E-state index in [0.717, 1.165) is 11.5 Å². The van der Waals surface area contributed by atoms with Gasteiger partial charge in [-0.2, -0.15) is 0 Å². The van der Waals surface area contributed by atoms with E-state index in [1.165, 1.54) is 0 Å². The van der Waals surface area contributed by atoms with Crippen molar-refractivity contribution in [3.05, 3.63) is 24.3 Å². The normalized spacial score (nSPS) is 11.8. The molecule has 6 heteroatoms. The van der Waals surface area contributed by atoms with Gasteiger partial charge in [-0.05, 0) is 24.3 Å². The van der Waals surface area contributed by atoms with Gasteiger partial charge in [0.05, 0.1) is 26.2 Å². The van der Waals surface area contributed by atoms with Gasteiger partial charge in [-0.25, -0.2) is 0 Å². The molecule has 0 radical (unpaired) electrons. The first kappa shape index (κ1) is 17.3. The Morgan fingerprint density at radius 2 is 1.86 bits per heavy atom. The SMILES string of the molecule is COc1ccc(OCCN(C)C(=O)CC(CN)OC)cc1. The van der Waals surface area contributed by atoms with Crippen molar-refractivity contribution in [2.45, 2.75) is 12.5 Å². The maximum atomic E-state index is 11.9. The van der Waals surface area contributed by atoms with E-state index in [-0.39, 0.29) is 18.4 Å². The highest BCUT2D eigenvalue weighted by atomic mass is 16.5. The minimum absolute atomic E-state index is 0.00868. The molecule has 0 heterocycles. The Morgan fingerprint density at radius 1 is 1.24 bits per heavy atom. The first-order valence-corrected chi connectivity index (χ1v) is 6.84. The maximum Gasteiger partial charge on any atom is 0.225 e. The quantitative estimate of drug-likeness (QED) is 0.733. The smallest absolute Gasteiger partial charge is 0.225 e. The third-order valence-corrected chi connectivity index (χ3v) is 3.18. The molecule has 0 saturated carbocycles. The van der Waals surface area contributed by atoms with Gasteiger partial charge in [0.25, 0.3) is 0 Å². The number of carbonyl (C=O) groups excluding carboxylic acids is 1. The molecular weight excluding hydrogens is 272 g/mol. The molecule has 1 amide bonds. The lowest BCUT2D eigenvalue weighted by molar-refractivity contribution is -0.132. The van der Waals surface area contributed by atoms with Crippen LogP contribution in [0, 0.1) is 0 Å². The Bertz CT molecular complexity index is 418. The second-order valence-corrected chi connectivity index (χ2v) is 4.64. The fraction of sp³-hybridized carbons (Fsp3) is 0.533. The van der Waals surface area contributed by atoms with Crippen LogP contribution in [0.1, 0.15) is 6.42 Å². The summed E-state index contributed by atoms with van der Waals surface area (Å²) >= 11 is 0. The molecule has 1 aromatic rings. The predicted molar refractivity (Wildman–Crippen MR) is 80.6 cm³/mol. The van der Waals surface area contributed by atoms with Crippen molar-refractivity contribution in [1.82, 2.24) is 4.90 Å². The zero-order valence-electron chi connectivity index (χ0n) is 12.9. The third kappa shape index (κ3) is 6.01. The molecule has 0 bridgehead atoms. The standard InChI is InChI=1S/C15H24N2O4/c1-17(15(18)10-14(11-16)20-3)8-9-21-13-6-4-12(19-2)5-7-13/h4-7,14H,8-11,16H2,1-3H3. The van der Waals surface area contributed by atoms with Gasteiger partial charge in [-0.15, -0.1) is 0 Å². The van der Waals surface area contributed by atoms with Gasteiger partial charge in [0.15, 0.2) is 0 Å². The summed E-state index contributed by atoms with van der Waals surface area (Å²) in [5.74, 6) is 1.51. The molecule has 1 unspecified atom stereocenters. The summed E-state index contributed by atoms with van der Waals surface area (Å²) in [6, 6.07) is 7.31. The average molecular weight is 296 g/mol. The number of nitrogens with zero attached hydrogens (tertiary/aromatic N) is 1. The van der Waals surface area contributed by atoms with Crippen LogP contribution in [0.15, 0.2) is 24.3 Å². The molecule has 0 aliphatic heterocycles. The fourth-order valence-electron chi connectivity index (χ4n) is 1.71. The first-order valence-electron chi connectivity index (χ1n) is 6.84. The lowest BCUT2D eigenvalue weighted by Crippen LogP contribution is -2.35. The number of hydrogen-bond donors (Lipinski definition) is 1. The monoisotopic (exact) mass is 296 g/mol. The molecule has 0 fully saturated rings. The van der Waals surface area contributed by atoms with E-state index in [1.54, 1.807) is 26.2 Å². The van der Waals surface area contributed by atoms with Crippen molar-refractivity contribution in [2.75, 3.05) is 41.0 Å². The number of methoxy groups -OCH3 is 2. The minimum Gasteiger partial charge on any atom is -0.497 e. The van der Waals surface area contributed by atoms with Gasteiger partial charge in [0.2, 0.25) is 5.91 Å². The number of hydrogen-bond acceptors (Lipinski definition) is 5. The Labute approximate surface area is 125 Å². The Balaban J connectivity index is 2.31. The van der Waals surface area contributed by atoms with Gasteiger partial charge in [0.1, 0.15) is 18.1 Å². The Hall–Kier alpha value is -1.79. The molecular formula is C15H24N2O4. The van der Waals surface area contributed by atoms with E-state index in [2.05, 4.69) is 0 Å². The molecule has 0 aliphatic carbocycles. The van der Waals surface area contributed by atoms with Gasteiger partial charge >= 0.3 is 0 Å². The number of rotatable bonds is 9. The molecule has 21 heavy (non-hydrogen) atoms. The largest absolute Gasteiger partial charge is 0.497 e. The van der Waals surface area contributed by atoms with E-state index in [0.29, 0.717) is 19.7 Å². The van der Waals surface area contributed by atoms with Crippen LogP contribution in [-0.2, 0) is 9.53 Å². The van der Waals surface area contributed by atoms with E-state index >= 15 is 0 Å². The summed E-state index contributed by atoms with van der Waals surface area (Å²) in [5, 5.41) is 0. The van der Waals surface area contributed by atoms with Crippen molar-refractivity contribution in [1.29, 1.82) is 0 Å². The van der Waals surface area contributed by atoms with Crippen LogP contribution < -0.4 is 15.2 Å². The van der Waals surface area contributed by atoms with Gasteiger partial charge in [0, 0.05) is 20.7 Å². The molecule has 0 saturated heterocycles. The number of likely N-dealkylation sites (N-methyl/N-ethyl adjacent to an activating group) is 1. The van der Waals surface area contributed by atoms with Crippen LogP contribution >= 0.6 is 0 Å². The van der Waals surface area contributed by atoms with Crippen LogP contribution in [0.2, 0.25) is 0 Å². The fourth-order valence-corrected chi connectivity index (χ4v) is 1.71. The second-order valence-electron chi connectivity index (χ2n) is 4.64. The molecule has 1 aromatic carbocycles. The summed E-state index contributed by atoms with van der Waals surface area (Å²) in [5.41, 5.74) is 5.50. The zero-order valence-corrected chi connectivity index (χ0v) is 12.9. The highest BCUT2D eigenvalue weighted by Crippen LogP contribution is 2.16. The van der Waals surface area contributed by atoms with E-state index in [4.69, 9.17) is 19.9 Å². The van der Waals surface area contributed by atoms with Gasteiger partial charge in [-0.3, -0.25) is 4.79 Å².